The normalized spacial score (nSPS) is 12.8. The number of hydrogen-bond donors (Lipinski definition) is 3. The second-order valence-corrected chi connectivity index (χ2v) is 9.13. The van der Waals surface area contributed by atoms with E-state index in [0.717, 1.165) is 15.6 Å². The molecule has 1 amide bonds. The molecule has 0 aliphatic heterocycles. The third-order valence-corrected chi connectivity index (χ3v) is 7.04. The molecule has 1 atom stereocenters. The van der Waals surface area contributed by atoms with Crippen molar-refractivity contribution in [3.63, 3.8) is 0 Å². The van der Waals surface area contributed by atoms with Gasteiger partial charge in [-0.1, -0.05) is 0 Å². The van der Waals surface area contributed by atoms with Crippen molar-refractivity contribution in [1.29, 1.82) is 0 Å². The van der Waals surface area contributed by atoms with Crippen LogP contribution >= 0.6 is 22.7 Å². The molecule has 0 spiro atoms. The molecule has 3 aromatic rings. The van der Waals surface area contributed by atoms with Gasteiger partial charge in [-0.25, -0.2) is 8.42 Å². The van der Waals surface area contributed by atoms with Crippen molar-refractivity contribution in [2.24, 2.45) is 0 Å². The lowest BCUT2D eigenvalue weighted by atomic mass is 10.3. The number of rotatable bonds is 7. The number of amides is 1. The van der Waals surface area contributed by atoms with E-state index in [9.17, 15) is 23.1 Å². The third-order valence-electron chi connectivity index (χ3n) is 3.38. The number of sulfonamides is 1. The summed E-state index contributed by atoms with van der Waals surface area (Å²) < 4.78 is 27.5. The average Bonchev–Trinajstić information content (AvgIpc) is 3.20. The molecule has 3 rings (SSSR count). The van der Waals surface area contributed by atoms with Crippen LogP contribution in [0.15, 0.2) is 46.9 Å². The number of pyridine rings is 1. The van der Waals surface area contributed by atoms with E-state index in [2.05, 4.69) is 15.0 Å². The van der Waals surface area contributed by atoms with E-state index in [1.54, 1.807) is 6.07 Å². The van der Waals surface area contributed by atoms with Crippen molar-refractivity contribution >= 4 is 54.0 Å². The lowest BCUT2D eigenvalue weighted by Gasteiger charge is -2.15. The molecule has 0 saturated carbocycles. The first-order valence-electron chi connectivity index (χ1n) is 7.27. The molecule has 11 heteroatoms. The van der Waals surface area contributed by atoms with Crippen molar-refractivity contribution in [1.82, 2.24) is 15.0 Å². The topological polar surface area (TPSA) is 125 Å². The zero-order valence-electron chi connectivity index (χ0n) is 13.1. The van der Waals surface area contributed by atoms with Crippen LogP contribution in [-0.4, -0.2) is 43.0 Å². The summed E-state index contributed by atoms with van der Waals surface area (Å²) >= 11 is 2.80. The van der Waals surface area contributed by atoms with E-state index < -0.39 is 27.9 Å². The Labute approximate surface area is 156 Å². The summed E-state index contributed by atoms with van der Waals surface area (Å²) in [7, 11) is -4.07. The Balaban J connectivity index is 1.68. The number of carboxylic acids is 1. The Kier molecular flexibility index (Phi) is 5.32. The number of fused-ring (bicyclic) bond motifs is 1. The number of carbonyl (C=O) groups excluding carboxylic acids is 1. The van der Waals surface area contributed by atoms with Crippen LogP contribution in [0, 0.1) is 0 Å². The van der Waals surface area contributed by atoms with Crippen LogP contribution in [-0.2, 0) is 14.8 Å². The van der Waals surface area contributed by atoms with E-state index in [4.69, 9.17) is 0 Å². The van der Waals surface area contributed by atoms with Crippen molar-refractivity contribution in [3.05, 3.63) is 46.9 Å². The zero-order chi connectivity index (χ0) is 18.7. The van der Waals surface area contributed by atoms with Gasteiger partial charge in [0.1, 0.15) is 10.9 Å². The molecule has 0 aromatic carbocycles. The second kappa shape index (κ2) is 7.50. The molecular formula is C15H13N3O5S3. The Morgan fingerprint density at radius 3 is 2.77 bits per heavy atom. The predicted molar refractivity (Wildman–Crippen MR) is 98.0 cm³/mol. The fourth-order valence-corrected chi connectivity index (χ4v) is 5.28. The number of nitrogens with one attached hydrogen (secondary N) is 2. The summed E-state index contributed by atoms with van der Waals surface area (Å²) in [6.07, 6.45) is 2.51. The molecule has 3 aromatic heterocycles. The van der Waals surface area contributed by atoms with Gasteiger partial charge in [0.25, 0.3) is 5.91 Å². The van der Waals surface area contributed by atoms with Gasteiger partial charge in [0.2, 0.25) is 10.0 Å². The Hall–Kier alpha value is -2.34. The number of carboxylic acid groups (broad SMARTS) is 1. The van der Waals surface area contributed by atoms with Crippen molar-refractivity contribution in [2.45, 2.75) is 10.9 Å². The number of aliphatic carboxylic acids is 1. The first kappa shape index (κ1) is 18.5. The molecule has 8 nitrogen and oxygen atoms in total. The number of thiophene rings is 2. The number of hydrogen-bond acceptors (Lipinski definition) is 7. The van der Waals surface area contributed by atoms with Crippen molar-refractivity contribution < 1.29 is 23.1 Å². The lowest BCUT2D eigenvalue weighted by Crippen LogP contribution is -2.48. The van der Waals surface area contributed by atoms with Gasteiger partial charge in [-0.05, 0) is 29.6 Å². The highest BCUT2D eigenvalue weighted by molar-refractivity contribution is 7.89. The molecule has 0 aliphatic carbocycles. The van der Waals surface area contributed by atoms with Gasteiger partial charge >= 0.3 is 5.97 Å². The summed E-state index contributed by atoms with van der Waals surface area (Å²) in [5.41, 5.74) is 0. The maximum absolute atomic E-state index is 12.2. The molecule has 0 saturated heterocycles. The van der Waals surface area contributed by atoms with Gasteiger partial charge in [-0.2, -0.15) is 4.72 Å². The molecule has 0 fully saturated rings. The molecular weight excluding hydrogens is 398 g/mol. The first-order chi connectivity index (χ1) is 12.4. The highest BCUT2D eigenvalue weighted by Gasteiger charge is 2.26. The third kappa shape index (κ3) is 4.07. The molecule has 0 unspecified atom stereocenters. The van der Waals surface area contributed by atoms with Gasteiger partial charge < -0.3 is 10.4 Å². The summed E-state index contributed by atoms with van der Waals surface area (Å²) in [4.78, 5) is 27.5. The van der Waals surface area contributed by atoms with Crippen LogP contribution in [0.1, 0.15) is 9.67 Å². The maximum atomic E-state index is 12.2. The largest absolute Gasteiger partial charge is 0.480 e. The first-order valence-corrected chi connectivity index (χ1v) is 10.4. The number of nitrogens with zero attached hydrogens (tertiary/aromatic N) is 1. The highest BCUT2D eigenvalue weighted by atomic mass is 32.2. The molecule has 3 heterocycles. The Bertz CT molecular complexity index is 1010. The fourth-order valence-electron chi connectivity index (χ4n) is 2.10. The van der Waals surface area contributed by atoms with Crippen molar-refractivity contribution in [2.75, 3.05) is 6.54 Å². The number of aromatic nitrogens is 1. The monoisotopic (exact) mass is 411 g/mol. The zero-order valence-corrected chi connectivity index (χ0v) is 15.5. The minimum atomic E-state index is -4.07. The standard InChI is InChI=1S/C15H13N3O5S3/c19-13(12-6-9-3-5-24-15(9)25-12)17-8-11(14(20)21)18-26(22,23)10-2-1-4-16-7-10/h1-7,11,18H,8H2,(H,17,19)(H,20,21)/t11-/m0/s1. The van der Waals surface area contributed by atoms with Crippen LogP contribution < -0.4 is 10.0 Å². The van der Waals surface area contributed by atoms with Crippen molar-refractivity contribution in [3.8, 4) is 0 Å². The van der Waals surface area contributed by atoms with E-state index in [-0.39, 0.29) is 11.4 Å². The lowest BCUT2D eigenvalue weighted by molar-refractivity contribution is -0.138. The molecule has 26 heavy (non-hydrogen) atoms. The Morgan fingerprint density at radius 2 is 2.12 bits per heavy atom. The van der Waals surface area contributed by atoms with Crippen LogP contribution in [0.5, 0.6) is 0 Å². The van der Waals surface area contributed by atoms with E-state index >= 15 is 0 Å². The minimum absolute atomic E-state index is 0.156. The van der Waals surface area contributed by atoms with Gasteiger partial charge in [0.15, 0.2) is 0 Å². The number of carbonyl (C=O) groups is 2. The average molecular weight is 411 g/mol. The predicted octanol–water partition coefficient (Wildman–Crippen LogP) is 1.52. The summed E-state index contributed by atoms with van der Waals surface area (Å²) in [5.74, 6) is -1.85. The quantitative estimate of drug-likeness (QED) is 0.541. The van der Waals surface area contributed by atoms with Crippen LogP contribution in [0.4, 0.5) is 0 Å². The minimum Gasteiger partial charge on any atom is -0.480 e. The summed E-state index contributed by atoms with van der Waals surface area (Å²) in [5, 5.41) is 14.6. The molecule has 0 bridgehead atoms. The molecule has 136 valence electrons. The molecule has 3 N–H and O–H groups in total. The molecule has 0 radical (unpaired) electrons. The van der Waals surface area contributed by atoms with Gasteiger partial charge in [0, 0.05) is 24.3 Å². The van der Waals surface area contributed by atoms with Crippen LogP contribution in [0.3, 0.4) is 0 Å². The SMILES string of the molecule is O=C(NC[C@H](NS(=O)(=O)c1cccnc1)C(=O)O)c1cc2ccsc2s1. The van der Waals surface area contributed by atoms with Crippen LogP contribution in [0.2, 0.25) is 0 Å². The fraction of sp³-hybridized carbons (Fsp3) is 0.133. The van der Waals surface area contributed by atoms with E-state index in [1.807, 2.05) is 11.4 Å². The van der Waals surface area contributed by atoms with Gasteiger partial charge in [-0.3, -0.25) is 14.6 Å². The summed E-state index contributed by atoms with van der Waals surface area (Å²) in [6, 6.07) is 4.81. The van der Waals surface area contributed by atoms with E-state index in [0.29, 0.717) is 4.88 Å². The van der Waals surface area contributed by atoms with E-state index in [1.165, 1.54) is 41.0 Å². The highest BCUT2D eigenvalue weighted by Crippen LogP contribution is 2.30. The second-order valence-electron chi connectivity index (χ2n) is 5.18. The van der Waals surface area contributed by atoms with Crippen LogP contribution in [0.25, 0.3) is 9.40 Å². The molecule has 0 aliphatic rings. The summed E-state index contributed by atoms with van der Waals surface area (Å²) in [6.45, 7) is -0.390. The smallest absolute Gasteiger partial charge is 0.323 e. The Morgan fingerprint density at radius 1 is 1.31 bits per heavy atom. The van der Waals surface area contributed by atoms with Gasteiger partial charge in [0.05, 0.1) is 8.89 Å². The van der Waals surface area contributed by atoms with Gasteiger partial charge in [-0.15, -0.1) is 22.7 Å². The maximum Gasteiger partial charge on any atom is 0.323 e.